The average molecular weight is 287 g/mol. The molecular formula is C14H13N3O2S. The number of aromatic amines is 1. The molecule has 2 N–H and O–H groups in total. The van der Waals surface area contributed by atoms with Crippen LogP contribution in [0, 0.1) is 0 Å². The maximum Gasteiger partial charge on any atom is 0.240 e. The number of rotatable bonds is 4. The maximum atomic E-state index is 12.1. The SMILES string of the molecule is O=S(=O)(NCc1[nH]nc2ccccc12)c1ccccc1. The number of sulfonamides is 1. The monoisotopic (exact) mass is 287 g/mol. The molecule has 0 saturated carbocycles. The molecule has 1 aromatic heterocycles. The Bertz CT molecular complexity index is 826. The van der Waals surface area contributed by atoms with Gasteiger partial charge in [0.15, 0.2) is 0 Å². The van der Waals surface area contributed by atoms with Crippen LogP contribution in [-0.2, 0) is 16.6 Å². The zero-order valence-corrected chi connectivity index (χ0v) is 11.4. The molecule has 0 aliphatic carbocycles. The summed E-state index contributed by atoms with van der Waals surface area (Å²) in [5.74, 6) is 0. The van der Waals surface area contributed by atoms with E-state index in [-0.39, 0.29) is 11.4 Å². The van der Waals surface area contributed by atoms with E-state index < -0.39 is 10.0 Å². The molecule has 0 saturated heterocycles. The lowest BCUT2D eigenvalue weighted by Gasteiger charge is -2.05. The van der Waals surface area contributed by atoms with Crippen LogP contribution in [0.2, 0.25) is 0 Å². The van der Waals surface area contributed by atoms with E-state index in [1.807, 2.05) is 24.3 Å². The fraction of sp³-hybridized carbons (Fsp3) is 0.0714. The van der Waals surface area contributed by atoms with Crippen LogP contribution in [0.5, 0.6) is 0 Å². The van der Waals surface area contributed by atoms with E-state index in [0.717, 1.165) is 16.6 Å². The second-order valence-electron chi connectivity index (χ2n) is 4.36. The fourth-order valence-electron chi connectivity index (χ4n) is 2.00. The molecule has 0 unspecified atom stereocenters. The highest BCUT2D eigenvalue weighted by molar-refractivity contribution is 7.89. The van der Waals surface area contributed by atoms with E-state index in [0.29, 0.717) is 0 Å². The van der Waals surface area contributed by atoms with Crippen molar-refractivity contribution in [3.63, 3.8) is 0 Å². The average Bonchev–Trinajstić information content (AvgIpc) is 2.89. The smallest absolute Gasteiger partial charge is 0.240 e. The molecule has 0 amide bonds. The van der Waals surface area contributed by atoms with Gasteiger partial charge in [0.25, 0.3) is 0 Å². The molecule has 0 bridgehead atoms. The minimum atomic E-state index is -3.50. The van der Waals surface area contributed by atoms with E-state index in [9.17, 15) is 8.42 Å². The van der Waals surface area contributed by atoms with Crippen LogP contribution in [0.15, 0.2) is 59.5 Å². The molecule has 0 fully saturated rings. The Morgan fingerprint density at radius 1 is 1.00 bits per heavy atom. The van der Waals surface area contributed by atoms with Crippen molar-refractivity contribution in [3.8, 4) is 0 Å². The molecule has 0 atom stereocenters. The third-order valence-electron chi connectivity index (χ3n) is 3.03. The highest BCUT2D eigenvalue weighted by Crippen LogP contribution is 2.15. The van der Waals surface area contributed by atoms with Gasteiger partial charge in [-0.25, -0.2) is 13.1 Å². The Balaban J connectivity index is 1.83. The van der Waals surface area contributed by atoms with Crippen molar-refractivity contribution in [2.24, 2.45) is 0 Å². The van der Waals surface area contributed by atoms with E-state index in [1.54, 1.807) is 30.3 Å². The van der Waals surface area contributed by atoms with Crippen LogP contribution in [0.4, 0.5) is 0 Å². The number of nitrogens with one attached hydrogen (secondary N) is 2. The van der Waals surface area contributed by atoms with Crippen LogP contribution < -0.4 is 4.72 Å². The molecular weight excluding hydrogens is 274 g/mol. The first-order valence-electron chi connectivity index (χ1n) is 6.13. The van der Waals surface area contributed by atoms with Crippen molar-refractivity contribution in [1.82, 2.24) is 14.9 Å². The van der Waals surface area contributed by atoms with Crippen LogP contribution in [0.25, 0.3) is 10.9 Å². The standard InChI is InChI=1S/C14H13N3O2S/c18-20(19,11-6-2-1-3-7-11)15-10-14-12-8-4-5-9-13(12)16-17-14/h1-9,15H,10H2,(H,16,17). The van der Waals surface area contributed by atoms with Gasteiger partial charge in [-0.15, -0.1) is 0 Å². The number of hydrogen-bond donors (Lipinski definition) is 2. The van der Waals surface area contributed by atoms with Gasteiger partial charge in [0.1, 0.15) is 0 Å². The van der Waals surface area contributed by atoms with Crippen LogP contribution in [0.3, 0.4) is 0 Å². The van der Waals surface area contributed by atoms with Gasteiger partial charge < -0.3 is 0 Å². The Labute approximate surface area is 116 Å². The number of H-pyrrole nitrogens is 1. The number of para-hydroxylation sites is 1. The summed E-state index contributed by atoms with van der Waals surface area (Å²) in [7, 11) is -3.50. The van der Waals surface area contributed by atoms with Gasteiger partial charge in [-0.2, -0.15) is 5.10 Å². The summed E-state index contributed by atoms with van der Waals surface area (Å²) in [4.78, 5) is 0.254. The molecule has 0 radical (unpaired) electrons. The lowest BCUT2D eigenvalue weighted by molar-refractivity contribution is 0.580. The van der Waals surface area contributed by atoms with Gasteiger partial charge in [0.2, 0.25) is 10.0 Å². The summed E-state index contributed by atoms with van der Waals surface area (Å²) in [5, 5.41) is 7.91. The van der Waals surface area contributed by atoms with Crippen molar-refractivity contribution >= 4 is 20.9 Å². The Kier molecular flexibility index (Phi) is 3.25. The Hall–Kier alpha value is -2.18. The molecule has 20 heavy (non-hydrogen) atoms. The van der Waals surface area contributed by atoms with Crippen molar-refractivity contribution in [3.05, 3.63) is 60.3 Å². The predicted molar refractivity (Wildman–Crippen MR) is 76.6 cm³/mol. The third-order valence-corrected chi connectivity index (χ3v) is 4.45. The highest BCUT2D eigenvalue weighted by atomic mass is 32.2. The first-order chi connectivity index (χ1) is 9.67. The zero-order valence-electron chi connectivity index (χ0n) is 10.6. The summed E-state index contributed by atoms with van der Waals surface area (Å²) < 4.78 is 26.8. The molecule has 1 heterocycles. The summed E-state index contributed by atoms with van der Waals surface area (Å²) in [6.07, 6.45) is 0. The van der Waals surface area contributed by atoms with Gasteiger partial charge in [0.05, 0.1) is 22.7 Å². The lowest BCUT2D eigenvalue weighted by Crippen LogP contribution is -2.23. The van der Waals surface area contributed by atoms with Crippen molar-refractivity contribution < 1.29 is 8.42 Å². The minimum Gasteiger partial charge on any atom is -0.280 e. The van der Waals surface area contributed by atoms with Crippen molar-refractivity contribution in [2.45, 2.75) is 11.4 Å². The van der Waals surface area contributed by atoms with E-state index in [4.69, 9.17) is 0 Å². The Morgan fingerprint density at radius 2 is 1.70 bits per heavy atom. The second-order valence-corrected chi connectivity index (χ2v) is 6.12. The minimum absolute atomic E-state index is 0.178. The number of aromatic nitrogens is 2. The third kappa shape index (κ3) is 2.43. The van der Waals surface area contributed by atoms with Crippen LogP contribution in [-0.4, -0.2) is 18.6 Å². The summed E-state index contributed by atoms with van der Waals surface area (Å²) in [6.45, 7) is 0.178. The largest absolute Gasteiger partial charge is 0.280 e. The number of hydrogen-bond acceptors (Lipinski definition) is 3. The molecule has 0 spiro atoms. The topological polar surface area (TPSA) is 74.8 Å². The van der Waals surface area contributed by atoms with Gasteiger partial charge in [0, 0.05) is 5.39 Å². The first kappa shape index (κ1) is 12.8. The summed E-state index contributed by atoms with van der Waals surface area (Å²) >= 11 is 0. The quantitative estimate of drug-likeness (QED) is 0.771. The second kappa shape index (κ2) is 5.07. The van der Waals surface area contributed by atoms with Crippen LogP contribution >= 0.6 is 0 Å². The summed E-state index contributed by atoms with van der Waals surface area (Å²) in [5.41, 5.74) is 1.57. The molecule has 5 nitrogen and oxygen atoms in total. The number of benzene rings is 2. The van der Waals surface area contributed by atoms with Gasteiger partial charge in [-0.3, -0.25) is 5.10 Å². The molecule has 2 aromatic carbocycles. The normalized spacial score (nSPS) is 11.8. The molecule has 102 valence electrons. The predicted octanol–water partition coefficient (Wildman–Crippen LogP) is 2.04. The maximum absolute atomic E-state index is 12.1. The van der Waals surface area contributed by atoms with Gasteiger partial charge >= 0.3 is 0 Å². The fourth-order valence-corrected chi connectivity index (χ4v) is 3.02. The number of nitrogens with zero attached hydrogens (tertiary/aromatic N) is 1. The van der Waals surface area contributed by atoms with Crippen molar-refractivity contribution in [2.75, 3.05) is 0 Å². The van der Waals surface area contributed by atoms with Gasteiger partial charge in [-0.1, -0.05) is 36.4 Å². The van der Waals surface area contributed by atoms with E-state index in [1.165, 1.54) is 0 Å². The van der Waals surface area contributed by atoms with Crippen LogP contribution in [0.1, 0.15) is 5.69 Å². The molecule has 3 rings (SSSR count). The van der Waals surface area contributed by atoms with E-state index in [2.05, 4.69) is 14.9 Å². The zero-order chi connectivity index (χ0) is 14.0. The Morgan fingerprint density at radius 3 is 2.50 bits per heavy atom. The molecule has 6 heteroatoms. The number of fused-ring (bicyclic) bond motifs is 1. The highest BCUT2D eigenvalue weighted by Gasteiger charge is 2.14. The summed E-state index contributed by atoms with van der Waals surface area (Å²) in [6, 6.07) is 15.9. The van der Waals surface area contributed by atoms with Gasteiger partial charge in [-0.05, 0) is 18.2 Å². The van der Waals surface area contributed by atoms with Crippen molar-refractivity contribution in [1.29, 1.82) is 0 Å². The molecule has 0 aliphatic rings. The lowest BCUT2D eigenvalue weighted by atomic mass is 10.2. The van der Waals surface area contributed by atoms with E-state index >= 15 is 0 Å². The first-order valence-corrected chi connectivity index (χ1v) is 7.62. The molecule has 3 aromatic rings. The molecule has 0 aliphatic heterocycles.